The second-order valence-corrected chi connectivity index (χ2v) is 5.63. The van der Waals surface area contributed by atoms with Gasteiger partial charge in [0.25, 0.3) is 0 Å². The van der Waals surface area contributed by atoms with Gasteiger partial charge in [-0.3, -0.25) is 0 Å². The molecule has 3 aliphatic carbocycles. The van der Waals surface area contributed by atoms with Gasteiger partial charge in [0, 0.05) is 13.0 Å². The summed E-state index contributed by atoms with van der Waals surface area (Å²) in [7, 11) is 0. The van der Waals surface area contributed by atoms with Crippen LogP contribution in [0, 0.1) is 16.7 Å². The van der Waals surface area contributed by atoms with Crippen LogP contribution in [0.2, 0.25) is 0 Å². The van der Waals surface area contributed by atoms with E-state index in [-0.39, 0.29) is 5.60 Å². The van der Waals surface area contributed by atoms with Gasteiger partial charge in [0.2, 0.25) is 0 Å². The second-order valence-electron chi connectivity index (χ2n) is 5.63. The quantitative estimate of drug-likeness (QED) is 0.661. The van der Waals surface area contributed by atoms with Crippen LogP contribution in [0.15, 0.2) is 0 Å². The van der Waals surface area contributed by atoms with Gasteiger partial charge in [-0.25, -0.2) is 0 Å². The van der Waals surface area contributed by atoms with Gasteiger partial charge in [-0.2, -0.15) is 5.26 Å². The van der Waals surface area contributed by atoms with Crippen molar-refractivity contribution in [2.45, 2.75) is 70.3 Å². The second kappa shape index (κ2) is 4.75. The Bertz CT molecular complexity index is 254. The molecule has 90 valence electrons. The number of ether oxygens (including phenoxy) is 1. The van der Waals surface area contributed by atoms with Crippen LogP contribution in [-0.4, -0.2) is 12.2 Å². The minimum atomic E-state index is 0.242. The van der Waals surface area contributed by atoms with Crippen LogP contribution in [0.3, 0.4) is 0 Å². The van der Waals surface area contributed by atoms with Gasteiger partial charge in [-0.1, -0.05) is 0 Å². The lowest BCUT2D eigenvalue weighted by molar-refractivity contribution is -0.134. The number of rotatable bonds is 5. The zero-order valence-electron chi connectivity index (χ0n) is 10.4. The topological polar surface area (TPSA) is 33.0 Å². The largest absolute Gasteiger partial charge is 0.375 e. The highest BCUT2D eigenvalue weighted by molar-refractivity contribution is 5.00. The fourth-order valence-corrected chi connectivity index (χ4v) is 3.67. The van der Waals surface area contributed by atoms with Crippen molar-refractivity contribution < 1.29 is 4.74 Å². The molecular formula is C14H23NO. The SMILES string of the molecule is CCOC12CCC(CCCC#N)(CC1)CC2. The van der Waals surface area contributed by atoms with Gasteiger partial charge in [-0.15, -0.1) is 0 Å². The zero-order chi connectivity index (χ0) is 11.5. The van der Waals surface area contributed by atoms with E-state index in [4.69, 9.17) is 10.00 Å². The molecule has 3 saturated carbocycles. The van der Waals surface area contributed by atoms with Crippen molar-refractivity contribution in [1.29, 1.82) is 5.26 Å². The summed E-state index contributed by atoms with van der Waals surface area (Å²) in [5.74, 6) is 0. The Balaban J connectivity index is 1.88. The van der Waals surface area contributed by atoms with Crippen molar-refractivity contribution in [2.24, 2.45) is 5.41 Å². The molecule has 3 fully saturated rings. The van der Waals surface area contributed by atoms with Gasteiger partial charge in [0.05, 0.1) is 11.7 Å². The predicted octanol–water partition coefficient (Wildman–Crippen LogP) is 3.81. The highest BCUT2D eigenvalue weighted by Crippen LogP contribution is 2.55. The summed E-state index contributed by atoms with van der Waals surface area (Å²) in [5, 5.41) is 8.60. The van der Waals surface area contributed by atoms with Crippen LogP contribution in [0.25, 0.3) is 0 Å². The van der Waals surface area contributed by atoms with E-state index in [0.717, 1.165) is 19.4 Å². The van der Waals surface area contributed by atoms with Crippen molar-refractivity contribution in [3.8, 4) is 6.07 Å². The first-order chi connectivity index (χ1) is 7.74. The Labute approximate surface area is 99.0 Å². The van der Waals surface area contributed by atoms with E-state index in [2.05, 4.69) is 13.0 Å². The molecule has 0 radical (unpaired) electrons. The molecule has 0 N–H and O–H groups in total. The van der Waals surface area contributed by atoms with Crippen LogP contribution in [0.1, 0.15) is 64.7 Å². The molecule has 0 amide bonds. The number of hydrogen-bond donors (Lipinski definition) is 0. The lowest BCUT2D eigenvalue weighted by Gasteiger charge is -2.53. The smallest absolute Gasteiger partial charge is 0.0683 e. The van der Waals surface area contributed by atoms with Gasteiger partial charge in [0.1, 0.15) is 0 Å². The molecule has 0 aromatic rings. The molecule has 0 aromatic heterocycles. The Morgan fingerprint density at radius 3 is 2.25 bits per heavy atom. The summed E-state index contributed by atoms with van der Waals surface area (Å²) >= 11 is 0. The Morgan fingerprint density at radius 1 is 1.12 bits per heavy atom. The summed E-state index contributed by atoms with van der Waals surface area (Å²) in [5.41, 5.74) is 0.821. The molecule has 0 saturated heterocycles. The van der Waals surface area contributed by atoms with E-state index in [9.17, 15) is 0 Å². The first-order valence-corrected chi connectivity index (χ1v) is 6.75. The van der Waals surface area contributed by atoms with Crippen molar-refractivity contribution in [2.75, 3.05) is 6.61 Å². The molecular weight excluding hydrogens is 198 g/mol. The third kappa shape index (κ3) is 2.25. The van der Waals surface area contributed by atoms with Gasteiger partial charge in [-0.05, 0) is 63.7 Å². The Morgan fingerprint density at radius 2 is 1.75 bits per heavy atom. The minimum absolute atomic E-state index is 0.242. The number of nitrogens with zero attached hydrogens (tertiary/aromatic N) is 1. The first kappa shape index (κ1) is 11.9. The molecule has 0 aromatic carbocycles. The van der Waals surface area contributed by atoms with Gasteiger partial charge >= 0.3 is 0 Å². The fraction of sp³-hybridized carbons (Fsp3) is 0.929. The van der Waals surface area contributed by atoms with E-state index < -0.39 is 0 Å². The van der Waals surface area contributed by atoms with E-state index in [1.54, 1.807) is 0 Å². The van der Waals surface area contributed by atoms with E-state index in [1.165, 1.54) is 44.9 Å². The average Bonchev–Trinajstić information content (AvgIpc) is 2.32. The number of unbranched alkanes of at least 4 members (excludes halogenated alkanes) is 1. The highest BCUT2D eigenvalue weighted by atomic mass is 16.5. The molecule has 2 bridgehead atoms. The monoisotopic (exact) mass is 221 g/mol. The normalized spacial score (nSPS) is 37.2. The van der Waals surface area contributed by atoms with Crippen LogP contribution >= 0.6 is 0 Å². The molecule has 3 rings (SSSR count). The maximum Gasteiger partial charge on any atom is 0.0683 e. The molecule has 16 heavy (non-hydrogen) atoms. The summed E-state index contributed by atoms with van der Waals surface area (Å²) in [6, 6.07) is 2.26. The van der Waals surface area contributed by atoms with Gasteiger partial charge in [0.15, 0.2) is 0 Å². The van der Waals surface area contributed by atoms with Crippen LogP contribution in [-0.2, 0) is 4.74 Å². The average molecular weight is 221 g/mol. The standard InChI is InChI=1S/C14H23NO/c1-2-16-14-9-6-13(7-10-14,8-11-14)5-3-4-12-15/h2-11H2,1H3. The maximum absolute atomic E-state index is 8.60. The molecule has 0 aliphatic heterocycles. The molecule has 0 unspecified atom stereocenters. The summed E-state index contributed by atoms with van der Waals surface area (Å²) in [6.07, 6.45) is 10.9. The molecule has 0 heterocycles. The molecule has 0 atom stereocenters. The summed E-state index contributed by atoms with van der Waals surface area (Å²) in [4.78, 5) is 0. The molecule has 0 spiro atoms. The maximum atomic E-state index is 8.60. The molecule has 3 aliphatic rings. The minimum Gasteiger partial charge on any atom is -0.375 e. The Hall–Kier alpha value is -0.550. The third-order valence-corrected chi connectivity index (χ3v) is 4.78. The molecule has 2 heteroatoms. The van der Waals surface area contributed by atoms with Crippen LogP contribution in [0.4, 0.5) is 0 Å². The summed E-state index contributed by atoms with van der Waals surface area (Å²) in [6.45, 7) is 2.97. The van der Waals surface area contributed by atoms with E-state index in [1.807, 2.05) is 0 Å². The van der Waals surface area contributed by atoms with Crippen LogP contribution < -0.4 is 0 Å². The number of fused-ring (bicyclic) bond motifs is 3. The zero-order valence-corrected chi connectivity index (χ0v) is 10.4. The van der Waals surface area contributed by atoms with Crippen molar-refractivity contribution in [3.05, 3.63) is 0 Å². The van der Waals surface area contributed by atoms with Crippen molar-refractivity contribution in [3.63, 3.8) is 0 Å². The van der Waals surface area contributed by atoms with Crippen molar-refractivity contribution in [1.82, 2.24) is 0 Å². The highest BCUT2D eigenvalue weighted by Gasteiger charge is 2.48. The van der Waals surface area contributed by atoms with Crippen LogP contribution in [0.5, 0.6) is 0 Å². The molecule has 2 nitrogen and oxygen atoms in total. The fourth-order valence-electron chi connectivity index (χ4n) is 3.67. The predicted molar refractivity (Wildman–Crippen MR) is 64.0 cm³/mol. The lowest BCUT2D eigenvalue weighted by Crippen LogP contribution is -2.47. The van der Waals surface area contributed by atoms with Crippen molar-refractivity contribution >= 4 is 0 Å². The van der Waals surface area contributed by atoms with E-state index in [0.29, 0.717) is 5.41 Å². The van der Waals surface area contributed by atoms with Gasteiger partial charge < -0.3 is 4.74 Å². The third-order valence-electron chi connectivity index (χ3n) is 4.78. The lowest BCUT2D eigenvalue weighted by atomic mass is 9.57. The summed E-state index contributed by atoms with van der Waals surface area (Å²) < 4.78 is 5.98. The Kier molecular flexibility index (Phi) is 3.54. The number of hydrogen-bond acceptors (Lipinski definition) is 2. The number of nitriles is 1. The first-order valence-electron chi connectivity index (χ1n) is 6.75. The van der Waals surface area contributed by atoms with E-state index >= 15 is 0 Å².